The van der Waals surface area contributed by atoms with E-state index in [1.54, 1.807) is 30.6 Å². The Morgan fingerprint density at radius 3 is 3.00 bits per heavy atom. The van der Waals surface area contributed by atoms with E-state index in [2.05, 4.69) is 15.3 Å². The van der Waals surface area contributed by atoms with Crippen molar-refractivity contribution in [3.05, 3.63) is 46.5 Å². The third kappa shape index (κ3) is 3.88. The van der Waals surface area contributed by atoms with Gasteiger partial charge in [-0.2, -0.15) is 0 Å². The average Bonchev–Trinajstić information content (AvgIpc) is 2.94. The average molecular weight is 314 g/mol. The largest absolute Gasteiger partial charge is 0.482 e. The highest BCUT2D eigenvalue weighted by Gasteiger charge is 2.12. The van der Waals surface area contributed by atoms with Crippen molar-refractivity contribution in [2.45, 2.75) is 13.0 Å². The third-order valence-electron chi connectivity index (χ3n) is 2.56. The molecule has 106 valence electrons. The monoisotopic (exact) mass is 313 g/mol. The molecule has 20 heavy (non-hydrogen) atoms. The minimum atomic E-state index is -0.273. The second-order valence-corrected chi connectivity index (χ2v) is 4.97. The van der Waals surface area contributed by atoms with Crippen molar-refractivity contribution in [3.8, 4) is 5.75 Å². The van der Waals surface area contributed by atoms with Gasteiger partial charge in [-0.05, 0) is 19.1 Å². The number of aromatic amines is 1. The summed E-state index contributed by atoms with van der Waals surface area (Å²) >= 11 is 11.8. The van der Waals surface area contributed by atoms with E-state index in [9.17, 15) is 4.79 Å². The number of carbonyl (C=O) groups excluding carboxylic acids is 1. The molecule has 0 bridgehead atoms. The van der Waals surface area contributed by atoms with Crippen LogP contribution in [0.2, 0.25) is 10.0 Å². The van der Waals surface area contributed by atoms with Crippen LogP contribution in [0.1, 0.15) is 18.8 Å². The van der Waals surface area contributed by atoms with Gasteiger partial charge in [-0.25, -0.2) is 4.98 Å². The molecule has 1 aromatic carbocycles. The van der Waals surface area contributed by atoms with E-state index in [1.807, 2.05) is 6.92 Å². The van der Waals surface area contributed by atoms with Gasteiger partial charge in [0.2, 0.25) is 0 Å². The molecule has 5 nitrogen and oxygen atoms in total. The molecule has 1 atom stereocenters. The summed E-state index contributed by atoms with van der Waals surface area (Å²) in [5, 5.41) is 3.65. The molecule has 0 fully saturated rings. The molecule has 0 saturated heterocycles. The van der Waals surface area contributed by atoms with Crippen molar-refractivity contribution in [1.82, 2.24) is 15.3 Å². The molecule has 2 aromatic rings. The first-order valence-electron chi connectivity index (χ1n) is 5.92. The number of rotatable bonds is 5. The molecule has 0 aliphatic heterocycles. The predicted molar refractivity (Wildman–Crippen MR) is 77.1 cm³/mol. The number of carbonyl (C=O) groups is 1. The van der Waals surface area contributed by atoms with Gasteiger partial charge in [0.05, 0.1) is 11.1 Å². The zero-order valence-electron chi connectivity index (χ0n) is 10.7. The van der Waals surface area contributed by atoms with E-state index in [-0.39, 0.29) is 18.6 Å². The summed E-state index contributed by atoms with van der Waals surface area (Å²) in [5.74, 6) is 0.782. The first-order valence-corrected chi connectivity index (χ1v) is 6.68. The number of aromatic nitrogens is 2. The molecule has 0 aliphatic rings. The topological polar surface area (TPSA) is 67.0 Å². The van der Waals surface area contributed by atoms with Gasteiger partial charge >= 0.3 is 0 Å². The number of nitrogens with zero attached hydrogens (tertiary/aromatic N) is 1. The Morgan fingerprint density at radius 1 is 1.50 bits per heavy atom. The number of ether oxygens (including phenoxy) is 1. The molecule has 1 amide bonds. The van der Waals surface area contributed by atoms with Crippen molar-refractivity contribution in [2.24, 2.45) is 0 Å². The Hall–Kier alpha value is -1.72. The van der Waals surface area contributed by atoms with Crippen LogP contribution in [0.4, 0.5) is 0 Å². The molecule has 0 spiro atoms. The molecule has 7 heteroatoms. The lowest BCUT2D eigenvalue weighted by Gasteiger charge is -2.12. The molecular formula is C13H13Cl2N3O2. The van der Waals surface area contributed by atoms with Crippen LogP contribution in [-0.2, 0) is 4.79 Å². The van der Waals surface area contributed by atoms with Crippen molar-refractivity contribution >= 4 is 29.1 Å². The zero-order chi connectivity index (χ0) is 14.5. The molecule has 0 radical (unpaired) electrons. The summed E-state index contributed by atoms with van der Waals surface area (Å²) in [7, 11) is 0. The normalized spacial score (nSPS) is 11.9. The quantitative estimate of drug-likeness (QED) is 0.891. The highest BCUT2D eigenvalue weighted by molar-refractivity contribution is 6.34. The number of H-pyrrole nitrogens is 1. The zero-order valence-corrected chi connectivity index (χ0v) is 12.2. The Balaban J connectivity index is 1.87. The Bertz CT molecular complexity index is 587. The minimum Gasteiger partial charge on any atom is -0.482 e. The first-order chi connectivity index (χ1) is 9.56. The van der Waals surface area contributed by atoms with E-state index in [4.69, 9.17) is 27.9 Å². The van der Waals surface area contributed by atoms with Crippen LogP contribution in [0.5, 0.6) is 5.75 Å². The number of benzene rings is 1. The Labute approximate surface area is 126 Å². The lowest BCUT2D eigenvalue weighted by Crippen LogP contribution is -2.31. The van der Waals surface area contributed by atoms with Crippen molar-refractivity contribution < 1.29 is 9.53 Å². The SMILES string of the molecule is CC(NC(=O)COc1cc(Cl)ccc1Cl)c1ncc[nH]1. The molecule has 0 aliphatic carbocycles. The molecular weight excluding hydrogens is 301 g/mol. The predicted octanol–water partition coefficient (Wildman–Crippen LogP) is 2.97. The maximum absolute atomic E-state index is 11.8. The second kappa shape index (κ2) is 6.63. The first kappa shape index (κ1) is 14.7. The van der Waals surface area contributed by atoms with E-state index >= 15 is 0 Å². The smallest absolute Gasteiger partial charge is 0.258 e. The summed E-state index contributed by atoms with van der Waals surface area (Å²) in [6.07, 6.45) is 3.32. The fourth-order valence-electron chi connectivity index (χ4n) is 1.60. The third-order valence-corrected chi connectivity index (χ3v) is 3.11. The number of hydrogen-bond acceptors (Lipinski definition) is 3. The van der Waals surface area contributed by atoms with Gasteiger partial charge in [0, 0.05) is 23.5 Å². The van der Waals surface area contributed by atoms with E-state index < -0.39 is 0 Å². The lowest BCUT2D eigenvalue weighted by molar-refractivity contribution is -0.123. The summed E-state index contributed by atoms with van der Waals surface area (Å²) in [6.45, 7) is 1.67. The van der Waals surface area contributed by atoms with Crippen LogP contribution in [0.3, 0.4) is 0 Å². The van der Waals surface area contributed by atoms with Gasteiger partial charge in [0.25, 0.3) is 5.91 Å². The fourth-order valence-corrected chi connectivity index (χ4v) is 1.93. The summed E-state index contributed by atoms with van der Waals surface area (Å²) in [5.41, 5.74) is 0. The van der Waals surface area contributed by atoms with Crippen LogP contribution in [-0.4, -0.2) is 22.5 Å². The maximum Gasteiger partial charge on any atom is 0.258 e. The molecule has 0 saturated carbocycles. The van der Waals surface area contributed by atoms with Crippen LogP contribution in [0.15, 0.2) is 30.6 Å². The number of amides is 1. The summed E-state index contributed by atoms with van der Waals surface area (Å²) < 4.78 is 5.34. The van der Waals surface area contributed by atoms with E-state index in [0.717, 1.165) is 0 Å². The van der Waals surface area contributed by atoms with Crippen LogP contribution in [0.25, 0.3) is 0 Å². The van der Waals surface area contributed by atoms with Gasteiger partial charge < -0.3 is 15.0 Å². The van der Waals surface area contributed by atoms with Gasteiger partial charge in [-0.1, -0.05) is 23.2 Å². The number of halogens is 2. The van der Waals surface area contributed by atoms with Gasteiger partial charge in [-0.15, -0.1) is 0 Å². The number of nitrogens with one attached hydrogen (secondary N) is 2. The van der Waals surface area contributed by atoms with Crippen LogP contribution >= 0.6 is 23.2 Å². The van der Waals surface area contributed by atoms with E-state index in [1.165, 1.54) is 0 Å². The van der Waals surface area contributed by atoms with Crippen molar-refractivity contribution in [2.75, 3.05) is 6.61 Å². The molecule has 1 aromatic heterocycles. The summed E-state index contributed by atoms with van der Waals surface area (Å²) in [4.78, 5) is 18.8. The van der Waals surface area contributed by atoms with Crippen molar-refractivity contribution in [1.29, 1.82) is 0 Å². The molecule has 2 rings (SSSR count). The Kier molecular flexibility index (Phi) is 4.87. The van der Waals surface area contributed by atoms with Crippen molar-refractivity contribution in [3.63, 3.8) is 0 Å². The standard InChI is InChI=1S/C13H13Cl2N3O2/c1-8(13-16-4-5-17-13)18-12(19)7-20-11-6-9(14)2-3-10(11)15/h2-6,8H,7H2,1H3,(H,16,17)(H,18,19). The highest BCUT2D eigenvalue weighted by atomic mass is 35.5. The Morgan fingerprint density at radius 2 is 2.30 bits per heavy atom. The second-order valence-electron chi connectivity index (χ2n) is 4.13. The van der Waals surface area contributed by atoms with Gasteiger partial charge in [0.15, 0.2) is 6.61 Å². The maximum atomic E-state index is 11.8. The van der Waals surface area contributed by atoms with Crippen LogP contribution in [0, 0.1) is 0 Å². The lowest BCUT2D eigenvalue weighted by atomic mass is 10.3. The fraction of sp³-hybridized carbons (Fsp3) is 0.231. The highest BCUT2D eigenvalue weighted by Crippen LogP contribution is 2.27. The molecule has 1 heterocycles. The summed E-state index contributed by atoms with van der Waals surface area (Å²) in [6, 6.07) is 4.60. The van der Waals surface area contributed by atoms with Gasteiger partial charge in [-0.3, -0.25) is 4.79 Å². The molecule has 1 unspecified atom stereocenters. The van der Waals surface area contributed by atoms with Gasteiger partial charge in [0.1, 0.15) is 11.6 Å². The van der Waals surface area contributed by atoms with E-state index in [0.29, 0.717) is 21.6 Å². The minimum absolute atomic E-state index is 0.148. The molecule has 2 N–H and O–H groups in total. The number of imidazole rings is 1. The van der Waals surface area contributed by atoms with Crippen LogP contribution < -0.4 is 10.1 Å². The number of hydrogen-bond donors (Lipinski definition) is 2.